The van der Waals surface area contributed by atoms with Gasteiger partial charge in [-0.25, -0.2) is 14.5 Å². The van der Waals surface area contributed by atoms with Crippen LogP contribution in [0.25, 0.3) is 0 Å². The molecule has 2 heterocycles. The van der Waals surface area contributed by atoms with E-state index in [1.54, 1.807) is 12.1 Å². The van der Waals surface area contributed by atoms with Crippen LogP contribution in [-0.4, -0.2) is 66.6 Å². The van der Waals surface area contributed by atoms with Gasteiger partial charge in [-0.2, -0.15) is 4.98 Å². The molecule has 1 N–H and O–H groups in total. The molecule has 1 aromatic heterocycles. The molecule has 1 saturated heterocycles. The molecule has 1 saturated carbocycles. The molecule has 0 radical (unpaired) electrons. The number of methoxy groups -OCH3 is 1. The van der Waals surface area contributed by atoms with Crippen molar-refractivity contribution in [2.75, 3.05) is 38.4 Å². The van der Waals surface area contributed by atoms with E-state index in [1.165, 1.54) is 23.6 Å². The lowest BCUT2D eigenvalue weighted by Crippen LogP contribution is -2.41. The molecular formula is C30H35N5O5. The first kappa shape index (κ1) is 27.5. The van der Waals surface area contributed by atoms with Gasteiger partial charge in [0.2, 0.25) is 5.89 Å². The van der Waals surface area contributed by atoms with E-state index in [4.69, 9.17) is 14.0 Å². The van der Waals surface area contributed by atoms with Crippen LogP contribution in [0, 0.1) is 0 Å². The molecule has 210 valence electrons. The molecule has 2 aromatic carbocycles. The second-order valence-corrected chi connectivity index (χ2v) is 10.2. The van der Waals surface area contributed by atoms with Gasteiger partial charge >= 0.3 is 12.1 Å². The van der Waals surface area contributed by atoms with E-state index < -0.39 is 6.09 Å². The van der Waals surface area contributed by atoms with Gasteiger partial charge in [0.05, 0.1) is 19.3 Å². The van der Waals surface area contributed by atoms with Gasteiger partial charge in [0.1, 0.15) is 6.61 Å². The third-order valence-electron chi connectivity index (χ3n) is 7.47. The van der Waals surface area contributed by atoms with Gasteiger partial charge in [-0.3, -0.25) is 10.2 Å². The minimum atomic E-state index is -0.551. The Hall–Kier alpha value is -4.02. The van der Waals surface area contributed by atoms with E-state index in [9.17, 15) is 9.59 Å². The summed E-state index contributed by atoms with van der Waals surface area (Å²) in [6.45, 7) is 6.47. The average Bonchev–Trinajstić information content (AvgIpc) is 3.62. The van der Waals surface area contributed by atoms with Crippen molar-refractivity contribution >= 4 is 18.0 Å². The predicted octanol–water partition coefficient (Wildman–Crippen LogP) is 4.47. The van der Waals surface area contributed by atoms with Crippen LogP contribution in [0.4, 0.5) is 10.7 Å². The summed E-state index contributed by atoms with van der Waals surface area (Å²) in [5, 5.41) is 7.57. The van der Waals surface area contributed by atoms with Gasteiger partial charge < -0.3 is 14.0 Å². The van der Waals surface area contributed by atoms with Crippen molar-refractivity contribution in [3.63, 3.8) is 0 Å². The number of esters is 1. The lowest BCUT2D eigenvalue weighted by Gasteiger charge is -2.30. The predicted molar refractivity (Wildman–Crippen MR) is 149 cm³/mol. The topological polar surface area (TPSA) is 110 Å². The summed E-state index contributed by atoms with van der Waals surface area (Å²) < 4.78 is 15.7. The Balaban J connectivity index is 1.16. The zero-order valence-corrected chi connectivity index (χ0v) is 22.7. The summed E-state index contributed by atoms with van der Waals surface area (Å²) in [4.78, 5) is 32.8. The van der Waals surface area contributed by atoms with E-state index in [0.29, 0.717) is 17.4 Å². The maximum Gasteiger partial charge on any atom is 0.418 e. The normalized spacial score (nSPS) is 19.1. The molecule has 40 heavy (non-hydrogen) atoms. The first-order valence-electron chi connectivity index (χ1n) is 13.6. The van der Waals surface area contributed by atoms with Crippen molar-refractivity contribution in [1.82, 2.24) is 20.4 Å². The maximum atomic E-state index is 12.8. The van der Waals surface area contributed by atoms with E-state index in [1.807, 2.05) is 30.3 Å². The Morgan fingerprint density at radius 2 is 1.90 bits per heavy atom. The van der Waals surface area contributed by atoms with Gasteiger partial charge in [-0.1, -0.05) is 55.1 Å². The number of rotatable bonds is 11. The molecule has 2 aliphatic rings. The molecule has 2 atom stereocenters. The van der Waals surface area contributed by atoms with Crippen LogP contribution in [0.2, 0.25) is 0 Å². The third kappa shape index (κ3) is 6.75. The van der Waals surface area contributed by atoms with E-state index in [-0.39, 0.29) is 37.2 Å². The number of carbonyl (C=O) groups excluding carboxylic acids is 2. The number of carbonyl (C=O) groups is 2. The molecule has 0 spiro atoms. The fourth-order valence-electron chi connectivity index (χ4n) is 5.09. The number of ether oxygens (including phenoxy) is 2. The van der Waals surface area contributed by atoms with Crippen LogP contribution in [0.3, 0.4) is 0 Å². The van der Waals surface area contributed by atoms with Gasteiger partial charge in [0.15, 0.2) is 0 Å². The van der Waals surface area contributed by atoms with E-state index in [0.717, 1.165) is 44.5 Å². The Morgan fingerprint density at radius 1 is 1.15 bits per heavy atom. The molecule has 10 heteroatoms. The Morgan fingerprint density at radius 3 is 2.60 bits per heavy atom. The maximum absolute atomic E-state index is 12.8. The fourth-order valence-corrected chi connectivity index (χ4v) is 5.09. The van der Waals surface area contributed by atoms with E-state index in [2.05, 4.69) is 39.1 Å². The van der Waals surface area contributed by atoms with E-state index >= 15 is 0 Å². The number of benzene rings is 2. The SMILES string of the molecule is C=CCOC(=O)N(CN[C@H]1CC1c1ccccc1)c1noc(C2CCN(Cc3ccc(C(=O)OC)cc3)CC2)n1. The zero-order chi connectivity index (χ0) is 27.9. The van der Waals surface area contributed by atoms with Crippen LogP contribution in [0.15, 0.2) is 71.8 Å². The molecule has 1 unspecified atom stereocenters. The number of hydrogen-bond acceptors (Lipinski definition) is 9. The molecule has 1 amide bonds. The number of likely N-dealkylation sites (tertiary alicyclic amines) is 1. The molecular weight excluding hydrogens is 510 g/mol. The minimum absolute atomic E-state index is 0.0972. The minimum Gasteiger partial charge on any atom is -0.465 e. The fraction of sp³-hybridized carbons (Fsp3) is 0.400. The standard InChI is InChI=1S/C30H35N5O5/c1-3-17-39-30(37)35(20-31-26-18-25(26)22-7-5-4-6-8-22)29-32-27(40-33-29)23-13-15-34(16-14-23)19-21-9-11-24(12-10-21)28(36)38-2/h3-12,23,25-26,31H,1,13-20H2,2H3/t25?,26-/m0/s1. The highest BCUT2D eigenvalue weighted by molar-refractivity contribution is 5.89. The number of piperidine rings is 1. The molecule has 1 aliphatic heterocycles. The number of aromatic nitrogens is 2. The Bertz CT molecular complexity index is 1290. The first-order chi connectivity index (χ1) is 19.6. The van der Waals surface area contributed by atoms with Crippen LogP contribution in [0.5, 0.6) is 0 Å². The van der Waals surface area contributed by atoms with Crippen molar-refractivity contribution in [2.45, 2.75) is 43.7 Å². The molecule has 10 nitrogen and oxygen atoms in total. The van der Waals surface area contributed by atoms with Crippen molar-refractivity contribution in [1.29, 1.82) is 0 Å². The van der Waals surface area contributed by atoms with Gasteiger partial charge in [0, 0.05) is 24.4 Å². The lowest BCUT2D eigenvalue weighted by atomic mass is 9.96. The monoisotopic (exact) mass is 545 g/mol. The molecule has 5 rings (SSSR count). The van der Waals surface area contributed by atoms with Gasteiger partial charge in [-0.15, -0.1) is 0 Å². The largest absolute Gasteiger partial charge is 0.465 e. The number of amides is 1. The Labute approximate surface area is 233 Å². The zero-order valence-electron chi connectivity index (χ0n) is 22.7. The Kier molecular flexibility index (Phi) is 8.87. The summed E-state index contributed by atoms with van der Waals surface area (Å²) in [7, 11) is 1.38. The summed E-state index contributed by atoms with van der Waals surface area (Å²) in [5.41, 5.74) is 2.97. The molecule has 2 fully saturated rings. The van der Waals surface area contributed by atoms with Crippen molar-refractivity contribution in [3.8, 4) is 0 Å². The van der Waals surface area contributed by atoms with Crippen molar-refractivity contribution in [2.24, 2.45) is 0 Å². The summed E-state index contributed by atoms with van der Waals surface area (Å²) in [6.07, 6.45) is 3.71. The van der Waals surface area contributed by atoms with Crippen molar-refractivity contribution < 1.29 is 23.6 Å². The average molecular weight is 546 g/mol. The van der Waals surface area contributed by atoms with Gasteiger partial charge in [0.25, 0.3) is 5.95 Å². The lowest BCUT2D eigenvalue weighted by molar-refractivity contribution is 0.0600. The summed E-state index contributed by atoms with van der Waals surface area (Å²) >= 11 is 0. The second-order valence-electron chi connectivity index (χ2n) is 10.2. The number of nitrogens with one attached hydrogen (secondary N) is 1. The van der Waals surface area contributed by atoms with Crippen LogP contribution in [-0.2, 0) is 16.0 Å². The quantitative estimate of drug-likeness (QED) is 0.212. The van der Waals surface area contributed by atoms with Gasteiger partial charge in [-0.05, 0) is 60.8 Å². The summed E-state index contributed by atoms with van der Waals surface area (Å²) in [6, 6.07) is 18.1. The number of anilines is 1. The van der Waals surface area contributed by atoms with Crippen molar-refractivity contribution in [3.05, 3.63) is 89.8 Å². The highest BCUT2D eigenvalue weighted by atomic mass is 16.6. The molecule has 0 bridgehead atoms. The number of hydrogen-bond donors (Lipinski definition) is 1. The highest BCUT2D eigenvalue weighted by Gasteiger charge is 2.39. The summed E-state index contributed by atoms with van der Waals surface area (Å²) in [5.74, 6) is 0.931. The van der Waals surface area contributed by atoms with Crippen LogP contribution >= 0.6 is 0 Å². The molecule has 1 aliphatic carbocycles. The smallest absolute Gasteiger partial charge is 0.418 e. The number of nitrogens with zero attached hydrogens (tertiary/aromatic N) is 4. The van der Waals surface area contributed by atoms with Crippen LogP contribution in [0.1, 0.15) is 58.5 Å². The highest BCUT2D eigenvalue weighted by Crippen LogP contribution is 2.40. The molecule has 3 aromatic rings. The first-order valence-corrected chi connectivity index (χ1v) is 13.6. The third-order valence-corrected chi connectivity index (χ3v) is 7.47. The second kappa shape index (κ2) is 12.9. The van der Waals surface area contributed by atoms with Crippen LogP contribution < -0.4 is 10.2 Å².